The van der Waals surface area contributed by atoms with Crippen LogP contribution in [0, 0.1) is 0 Å². The fourth-order valence-electron chi connectivity index (χ4n) is 1.20. The number of carbonyl (C=O) groups is 1. The molecule has 0 fully saturated rings. The second-order valence-corrected chi connectivity index (χ2v) is 3.63. The van der Waals surface area contributed by atoms with Gasteiger partial charge in [-0.2, -0.15) is 0 Å². The highest BCUT2D eigenvalue weighted by atomic mass is 16.5. The van der Waals surface area contributed by atoms with Gasteiger partial charge in [0, 0.05) is 12.1 Å². The Labute approximate surface area is 96.1 Å². The molecule has 1 aromatic rings. The van der Waals surface area contributed by atoms with E-state index in [2.05, 4.69) is 11.9 Å². The summed E-state index contributed by atoms with van der Waals surface area (Å²) in [4.78, 5) is 11.6. The van der Waals surface area contributed by atoms with Gasteiger partial charge in [0.15, 0.2) is 0 Å². The Hall–Kier alpha value is -1.77. The van der Waals surface area contributed by atoms with E-state index in [4.69, 9.17) is 4.74 Å². The number of hydrogen-bond donors (Lipinski definition) is 1. The summed E-state index contributed by atoms with van der Waals surface area (Å²) < 4.78 is 5.46. The number of amides is 1. The monoisotopic (exact) mass is 219 g/mol. The zero-order valence-corrected chi connectivity index (χ0v) is 9.75. The Morgan fingerprint density at radius 3 is 2.88 bits per heavy atom. The number of ether oxygens (including phenoxy) is 1. The molecule has 3 nitrogen and oxygen atoms in total. The van der Waals surface area contributed by atoms with Crippen molar-refractivity contribution in [2.24, 2.45) is 0 Å². The molecule has 1 amide bonds. The van der Waals surface area contributed by atoms with Crippen LogP contribution in [0.1, 0.15) is 24.2 Å². The number of nitrogens with one attached hydrogen (secondary N) is 1. The van der Waals surface area contributed by atoms with Gasteiger partial charge in [0.05, 0.1) is 0 Å². The van der Waals surface area contributed by atoms with E-state index in [0.717, 1.165) is 5.57 Å². The van der Waals surface area contributed by atoms with Gasteiger partial charge in [-0.25, -0.2) is 0 Å². The minimum atomic E-state index is -0.0803. The molecule has 86 valence electrons. The lowest BCUT2D eigenvalue weighted by atomic mass is 10.2. The standard InChI is InChI=1S/C13H17NO2/c1-4-14-13(15)11-6-5-7-12(8-11)16-9-10(2)3/h5-8H,2,4,9H2,1,3H3,(H,14,15). The predicted molar refractivity (Wildman–Crippen MR) is 64.8 cm³/mol. The van der Waals surface area contributed by atoms with Crippen molar-refractivity contribution in [1.82, 2.24) is 5.32 Å². The third-order valence-electron chi connectivity index (χ3n) is 1.92. The van der Waals surface area contributed by atoms with Crippen molar-refractivity contribution in [3.8, 4) is 5.75 Å². The average molecular weight is 219 g/mol. The lowest BCUT2D eigenvalue weighted by molar-refractivity contribution is 0.0955. The molecule has 1 rings (SSSR count). The van der Waals surface area contributed by atoms with Gasteiger partial charge in [0.2, 0.25) is 0 Å². The van der Waals surface area contributed by atoms with Crippen molar-refractivity contribution in [2.45, 2.75) is 13.8 Å². The molecule has 0 aliphatic carbocycles. The summed E-state index contributed by atoms with van der Waals surface area (Å²) in [5.74, 6) is 0.607. The van der Waals surface area contributed by atoms with Crippen LogP contribution >= 0.6 is 0 Å². The second-order valence-electron chi connectivity index (χ2n) is 3.63. The van der Waals surface area contributed by atoms with Crippen molar-refractivity contribution < 1.29 is 9.53 Å². The lowest BCUT2D eigenvalue weighted by Crippen LogP contribution is -2.22. The normalized spacial score (nSPS) is 9.62. The predicted octanol–water partition coefficient (Wildman–Crippen LogP) is 2.39. The number of benzene rings is 1. The first-order valence-corrected chi connectivity index (χ1v) is 5.29. The first-order chi connectivity index (χ1) is 7.63. The van der Waals surface area contributed by atoms with Crippen LogP contribution in [0.5, 0.6) is 5.75 Å². The summed E-state index contributed by atoms with van der Waals surface area (Å²) >= 11 is 0. The third kappa shape index (κ3) is 3.77. The van der Waals surface area contributed by atoms with Crippen molar-refractivity contribution in [3.63, 3.8) is 0 Å². The van der Waals surface area contributed by atoms with Crippen LogP contribution in [0.25, 0.3) is 0 Å². The lowest BCUT2D eigenvalue weighted by Gasteiger charge is -2.07. The largest absolute Gasteiger partial charge is 0.489 e. The fraction of sp³-hybridized carbons (Fsp3) is 0.308. The van der Waals surface area contributed by atoms with E-state index < -0.39 is 0 Å². The zero-order valence-electron chi connectivity index (χ0n) is 9.75. The van der Waals surface area contributed by atoms with Gasteiger partial charge in [-0.15, -0.1) is 0 Å². The Kier molecular flexibility index (Phi) is 4.58. The van der Waals surface area contributed by atoms with Crippen LogP contribution in [-0.4, -0.2) is 19.1 Å². The first kappa shape index (κ1) is 12.3. The van der Waals surface area contributed by atoms with E-state index in [1.807, 2.05) is 19.9 Å². The highest BCUT2D eigenvalue weighted by molar-refractivity contribution is 5.94. The van der Waals surface area contributed by atoms with Gasteiger partial charge in [-0.05, 0) is 37.6 Å². The Morgan fingerprint density at radius 2 is 2.25 bits per heavy atom. The summed E-state index contributed by atoms with van der Waals surface area (Å²) in [5, 5.41) is 2.74. The molecule has 1 N–H and O–H groups in total. The molecule has 0 spiro atoms. The SMILES string of the molecule is C=C(C)COc1cccc(C(=O)NCC)c1. The molecule has 0 saturated heterocycles. The third-order valence-corrected chi connectivity index (χ3v) is 1.92. The van der Waals surface area contributed by atoms with Crippen LogP contribution in [0.4, 0.5) is 0 Å². The van der Waals surface area contributed by atoms with Crippen molar-refractivity contribution in [3.05, 3.63) is 42.0 Å². The van der Waals surface area contributed by atoms with Crippen LogP contribution in [0.15, 0.2) is 36.4 Å². The summed E-state index contributed by atoms with van der Waals surface area (Å²) in [7, 11) is 0. The average Bonchev–Trinajstić information content (AvgIpc) is 2.27. The van der Waals surface area contributed by atoms with Crippen LogP contribution in [0.3, 0.4) is 0 Å². The molecule has 0 aliphatic heterocycles. The summed E-state index contributed by atoms with van der Waals surface area (Å²) in [6.07, 6.45) is 0. The van der Waals surface area contributed by atoms with Gasteiger partial charge in [0.25, 0.3) is 5.91 Å². The molecule has 1 aromatic carbocycles. The molecule has 0 saturated carbocycles. The fourth-order valence-corrected chi connectivity index (χ4v) is 1.20. The van der Waals surface area contributed by atoms with Crippen molar-refractivity contribution >= 4 is 5.91 Å². The van der Waals surface area contributed by atoms with E-state index in [1.165, 1.54) is 0 Å². The number of rotatable bonds is 5. The minimum absolute atomic E-state index is 0.0803. The summed E-state index contributed by atoms with van der Waals surface area (Å²) in [6, 6.07) is 7.12. The molecule has 0 unspecified atom stereocenters. The molecule has 3 heteroatoms. The summed E-state index contributed by atoms with van der Waals surface area (Å²) in [5.41, 5.74) is 1.56. The van der Waals surface area contributed by atoms with Gasteiger partial charge >= 0.3 is 0 Å². The Bertz CT molecular complexity index is 385. The van der Waals surface area contributed by atoms with E-state index >= 15 is 0 Å². The van der Waals surface area contributed by atoms with E-state index in [-0.39, 0.29) is 5.91 Å². The molecular formula is C13H17NO2. The quantitative estimate of drug-likeness (QED) is 0.772. The van der Waals surface area contributed by atoms with E-state index in [9.17, 15) is 4.79 Å². The first-order valence-electron chi connectivity index (χ1n) is 5.29. The molecule has 16 heavy (non-hydrogen) atoms. The summed E-state index contributed by atoms with van der Waals surface area (Å²) in [6.45, 7) is 8.63. The van der Waals surface area contributed by atoms with Gasteiger partial charge < -0.3 is 10.1 Å². The smallest absolute Gasteiger partial charge is 0.251 e. The number of carbonyl (C=O) groups excluding carboxylic acids is 1. The van der Waals surface area contributed by atoms with Gasteiger partial charge in [-0.1, -0.05) is 12.6 Å². The Balaban J connectivity index is 2.70. The minimum Gasteiger partial charge on any atom is -0.489 e. The molecule has 0 heterocycles. The number of hydrogen-bond acceptors (Lipinski definition) is 2. The van der Waals surface area contributed by atoms with Gasteiger partial charge in [-0.3, -0.25) is 4.79 Å². The Morgan fingerprint density at radius 1 is 1.50 bits per heavy atom. The maximum Gasteiger partial charge on any atom is 0.251 e. The molecular weight excluding hydrogens is 202 g/mol. The van der Waals surface area contributed by atoms with Crippen LogP contribution in [-0.2, 0) is 0 Å². The molecule has 0 aromatic heterocycles. The van der Waals surface area contributed by atoms with Gasteiger partial charge in [0.1, 0.15) is 12.4 Å². The van der Waals surface area contributed by atoms with Crippen molar-refractivity contribution in [2.75, 3.05) is 13.2 Å². The van der Waals surface area contributed by atoms with Crippen molar-refractivity contribution in [1.29, 1.82) is 0 Å². The molecule has 0 bridgehead atoms. The van der Waals surface area contributed by atoms with Crippen LogP contribution in [0.2, 0.25) is 0 Å². The highest BCUT2D eigenvalue weighted by Gasteiger charge is 2.04. The highest BCUT2D eigenvalue weighted by Crippen LogP contribution is 2.13. The molecule has 0 atom stereocenters. The molecule has 0 aliphatic rings. The topological polar surface area (TPSA) is 38.3 Å². The maximum absolute atomic E-state index is 11.6. The zero-order chi connectivity index (χ0) is 12.0. The maximum atomic E-state index is 11.6. The van der Waals surface area contributed by atoms with E-state index in [1.54, 1.807) is 18.2 Å². The van der Waals surface area contributed by atoms with E-state index in [0.29, 0.717) is 24.5 Å². The van der Waals surface area contributed by atoms with Crippen LogP contribution < -0.4 is 10.1 Å². The molecule has 0 radical (unpaired) electrons. The second kappa shape index (κ2) is 5.95.